The summed E-state index contributed by atoms with van der Waals surface area (Å²) < 4.78 is 5.31. The van der Waals surface area contributed by atoms with Gasteiger partial charge in [-0.25, -0.2) is 9.97 Å². The standard InChI is InChI=1S/C10H15N3O/c1-7-5-9(13-8(2)12-7)10(11)3-4-14-6-10/h5H,3-4,6,11H2,1-2H3. The number of ether oxygens (including phenoxy) is 1. The lowest BCUT2D eigenvalue weighted by Crippen LogP contribution is -2.38. The first-order valence-corrected chi connectivity index (χ1v) is 4.79. The molecule has 1 saturated heterocycles. The van der Waals surface area contributed by atoms with Crippen LogP contribution in [0.4, 0.5) is 0 Å². The van der Waals surface area contributed by atoms with Crippen molar-refractivity contribution in [1.29, 1.82) is 0 Å². The van der Waals surface area contributed by atoms with E-state index in [2.05, 4.69) is 9.97 Å². The Hall–Kier alpha value is -1.00. The molecule has 1 unspecified atom stereocenters. The maximum absolute atomic E-state index is 6.20. The molecule has 0 amide bonds. The zero-order chi connectivity index (χ0) is 10.2. The summed E-state index contributed by atoms with van der Waals surface area (Å²) in [5.74, 6) is 0.775. The van der Waals surface area contributed by atoms with Crippen LogP contribution in [-0.2, 0) is 10.3 Å². The second-order valence-corrected chi connectivity index (χ2v) is 3.90. The summed E-state index contributed by atoms with van der Waals surface area (Å²) in [5.41, 5.74) is 7.66. The summed E-state index contributed by atoms with van der Waals surface area (Å²) in [6.07, 6.45) is 0.836. The molecule has 4 heteroatoms. The molecule has 1 aliphatic rings. The largest absolute Gasteiger partial charge is 0.379 e. The van der Waals surface area contributed by atoms with Gasteiger partial charge in [-0.1, -0.05) is 0 Å². The average molecular weight is 193 g/mol. The molecule has 0 aliphatic carbocycles. The molecule has 14 heavy (non-hydrogen) atoms. The molecule has 0 bridgehead atoms. The molecule has 2 rings (SSSR count). The van der Waals surface area contributed by atoms with Crippen LogP contribution >= 0.6 is 0 Å². The average Bonchev–Trinajstić information content (AvgIpc) is 2.52. The Morgan fingerprint density at radius 2 is 2.21 bits per heavy atom. The van der Waals surface area contributed by atoms with Crippen molar-refractivity contribution in [2.75, 3.05) is 13.2 Å². The van der Waals surface area contributed by atoms with Crippen LogP contribution in [0.25, 0.3) is 0 Å². The number of nitrogens with two attached hydrogens (primary N) is 1. The molecular formula is C10H15N3O. The normalized spacial score (nSPS) is 26.8. The summed E-state index contributed by atoms with van der Waals surface area (Å²) in [7, 11) is 0. The van der Waals surface area contributed by atoms with Crippen LogP contribution in [0.1, 0.15) is 23.6 Å². The summed E-state index contributed by atoms with van der Waals surface area (Å²) in [6.45, 7) is 5.12. The van der Waals surface area contributed by atoms with Gasteiger partial charge in [-0.2, -0.15) is 0 Å². The van der Waals surface area contributed by atoms with Gasteiger partial charge in [0.25, 0.3) is 0 Å². The fourth-order valence-corrected chi connectivity index (χ4v) is 1.75. The van der Waals surface area contributed by atoms with E-state index in [1.807, 2.05) is 19.9 Å². The third-order valence-corrected chi connectivity index (χ3v) is 2.53. The fraction of sp³-hybridized carbons (Fsp3) is 0.600. The molecular weight excluding hydrogens is 178 g/mol. The highest BCUT2D eigenvalue weighted by Crippen LogP contribution is 2.26. The second-order valence-electron chi connectivity index (χ2n) is 3.90. The molecule has 1 aromatic heterocycles. The van der Waals surface area contributed by atoms with E-state index in [4.69, 9.17) is 10.5 Å². The highest BCUT2D eigenvalue weighted by atomic mass is 16.5. The molecule has 0 spiro atoms. The summed E-state index contributed by atoms with van der Waals surface area (Å²) in [5, 5.41) is 0. The third-order valence-electron chi connectivity index (χ3n) is 2.53. The number of aryl methyl sites for hydroxylation is 2. The van der Waals surface area contributed by atoms with Crippen molar-refractivity contribution in [3.8, 4) is 0 Å². The first-order valence-electron chi connectivity index (χ1n) is 4.79. The highest BCUT2D eigenvalue weighted by Gasteiger charge is 2.34. The lowest BCUT2D eigenvalue weighted by molar-refractivity contribution is 0.177. The number of aromatic nitrogens is 2. The van der Waals surface area contributed by atoms with Crippen LogP contribution in [0, 0.1) is 13.8 Å². The van der Waals surface area contributed by atoms with Gasteiger partial charge in [0.2, 0.25) is 0 Å². The number of hydrogen-bond donors (Lipinski definition) is 1. The molecule has 2 N–H and O–H groups in total. The van der Waals surface area contributed by atoms with E-state index in [-0.39, 0.29) is 0 Å². The summed E-state index contributed by atoms with van der Waals surface area (Å²) >= 11 is 0. The predicted molar refractivity (Wildman–Crippen MR) is 52.8 cm³/mol. The molecule has 76 valence electrons. The van der Waals surface area contributed by atoms with Crippen molar-refractivity contribution in [2.24, 2.45) is 5.73 Å². The van der Waals surface area contributed by atoms with Gasteiger partial charge in [-0.3, -0.25) is 0 Å². The van der Waals surface area contributed by atoms with Gasteiger partial charge in [0.15, 0.2) is 0 Å². The van der Waals surface area contributed by atoms with E-state index >= 15 is 0 Å². The molecule has 1 aliphatic heterocycles. The fourth-order valence-electron chi connectivity index (χ4n) is 1.75. The van der Waals surface area contributed by atoms with Gasteiger partial charge in [0, 0.05) is 12.3 Å². The van der Waals surface area contributed by atoms with E-state index < -0.39 is 5.54 Å². The van der Waals surface area contributed by atoms with Crippen LogP contribution in [0.3, 0.4) is 0 Å². The third kappa shape index (κ3) is 1.63. The lowest BCUT2D eigenvalue weighted by Gasteiger charge is -2.21. The van der Waals surface area contributed by atoms with Crippen molar-refractivity contribution < 1.29 is 4.74 Å². The number of rotatable bonds is 1. The summed E-state index contributed by atoms with van der Waals surface area (Å²) in [6, 6.07) is 1.95. The van der Waals surface area contributed by atoms with Gasteiger partial charge < -0.3 is 10.5 Å². The van der Waals surface area contributed by atoms with Crippen molar-refractivity contribution in [3.05, 3.63) is 23.3 Å². The Labute approximate surface area is 83.5 Å². The van der Waals surface area contributed by atoms with Crippen LogP contribution < -0.4 is 5.73 Å². The molecule has 1 atom stereocenters. The number of hydrogen-bond acceptors (Lipinski definition) is 4. The maximum Gasteiger partial charge on any atom is 0.125 e. The van der Waals surface area contributed by atoms with E-state index in [9.17, 15) is 0 Å². The van der Waals surface area contributed by atoms with Gasteiger partial charge in [0.05, 0.1) is 17.8 Å². The van der Waals surface area contributed by atoms with E-state index in [1.54, 1.807) is 0 Å². The minimum absolute atomic E-state index is 0.404. The SMILES string of the molecule is Cc1cc(C2(N)CCOC2)nc(C)n1. The van der Waals surface area contributed by atoms with Gasteiger partial charge in [-0.15, -0.1) is 0 Å². The molecule has 4 nitrogen and oxygen atoms in total. The van der Waals surface area contributed by atoms with Crippen LogP contribution in [-0.4, -0.2) is 23.2 Å². The van der Waals surface area contributed by atoms with Gasteiger partial charge in [-0.05, 0) is 26.3 Å². The minimum Gasteiger partial charge on any atom is -0.379 e. The minimum atomic E-state index is -0.404. The van der Waals surface area contributed by atoms with Crippen molar-refractivity contribution in [2.45, 2.75) is 25.8 Å². The lowest BCUT2D eigenvalue weighted by atomic mass is 9.95. The van der Waals surface area contributed by atoms with Crippen LogP contribution in [0.5, 0.6) is 0 Å². The van der Waals surface area contributed by atoms with Crippen molar-refractivity contribution >= 4 is 0 Å². The summed E-state index contributed by atoms with van der Waals surface area (Å²) in [4.78, 5) is 8.60. The van der Waals surface area contributed by atoms with Crippen molar-refractivity contribution in [1.82, 2.24) is 9.97 Å². The van der Waals surface area contributed by atoms with Crippen LogP contribution in [0.15, 0.2) is 6.07 Å². The molecule has 0 saturated carbocycles. The first kappa shape index (κ1) is 9.55. The molecule has 2 heterocycles. The maximum atomic E-state index is 6.20. The highest BCUT2D eigenvalue weighted by molar-refractivity contribution is 5.19. The smallest absolute Gasteiger partial charge is 0.125 e. The molecule has 1 fully saturated rings. The monoisotopic (exact) mass is 193 g/mol. The Kier molecular flexibility index (Phi) is 2.25. The zero-order valence-electron chi connectivity index (χ0n) is 8.58. The topological polar surface area (TPSA) is 61.0 Å². The van der Waals surface area contributed by atoms with Crippen molar-refractivity contribution in [3.63, 3.8) is 0 Å². The Morgan fingerprint density at radius 3 is 2.79 bits per heavy atom. The molecule has 0 aromatic carbocycles. The Balaban J connectivity index is 2.40. The Morgan fingerprint density at radius 1 is 1.43 bits per heavy atom. The van der Waals surface area contributed by atoms with E-state index in [0.29, 0.717) is 6.61 Å². The van der Waals surface area contributed by atoms with Crippen LogP contribution in [0.2, 0.25) is 0 Å². The zero-order valence-corrected chi connectivity index (χ0v) is 8.58. The van der Waals surface area contributed by atoms with E-state index in [1.165, 1.54) is 0 Å². The van der Waals surface area contributed by atoms with Gasteiger partial charge in [0.1, 0.15) is 5.82 Å². The molecule has 1 aromatic rings. The van der Waals surface area contributed by atoms with Gasteiger partial charge >= 0.3 is 0 Å². The quantitative estimate of drug-likeness (QED) is 0.712. The Bertz CT molecular complexity index is 325. The number of nitrogens with zero attached hydrogens (tertiary/aromatic N) is 2. The second kappa shape index (κ2) is 3.29. The predicted octanol–water partition coefficient (Wildman–Crippen LogP) is 0.668. The first-order chi connectivity index (χ1) is 6.60. The van der Waals surface area contributed by atoms with E-state index in [0.717, 1.165) is 30.2 Å². The molecule has 0 radical (unpaired) electrons.